The zero-order valence-corrected chi connectivity index (χ0v) is 15.4. The van der Waals surface area contributed by atoms with Crippen molar-refractivity contribution in [3.63, 3.8) is 0 Å². The molecule has 27 heavy (non-hydrogen) atoms. The molecule has 1 heterocycles. The van der Waals surface area contributed by atoms with Crippen LogP contribution in [0.5, 0.6) is 11.5 Å². The van der Waals surface area contributed by atoms with Gasteiger partial charge in [0, 0.05) is 10.9 Å². The molecule has 9 heteroatoms. The Morgan fingerprint density at radius 3 is 2.56 bits per heavy atom. The summed E-state index contributed by atoms with van der Waals surface area (Å²) < 4.78 is 10.3. The van der Waals surface area contributed by atoms with Crippen LogP contribution in [0.1, 0.15) is 5.56 Å². The van der Waals surface area contributed by atoms with Gasteiger partial charge < -0.3 is 9.47 Å². The second-order valence-electron chi connectivity index (χ2n) is 5.30. The molecule has 0 atom stereocenters. The molecule has 0 saturated heterocycles. The molecule has 3 aromatic rings. The lowest BCUT2D eigenvalue weighted by atomic mass is 10.1. The highest BCUT2D eigenvalue weighted by molar-refractivity contribution is 7.14. The summed E-state index contributed by atoms with van der Waals surface area (Å²) >= 11 is 1.39. The Balaban J connectivity index is 1.80. The lowest BCUT2D eigenvalue weighted by Gasteiger charge is -2.08. The molecule has 0 bridgehead atoms. The standard InChI is InChI=1S/C18H16N4O4S/c1-25-16-8-13(15(22(23)24)9-17(16)26-2)10-19-21-18-20-14(11-27-18)12-6-4-3-5-7-12/h3-11H,1-2H3,(H,20,21)/b19-10-. The number of anilines is 1. The molecule has 0 amide bonds. The van der Waals surface area contributed by atoms with E-state index in [9.17, 15) is 10.1 Å². The normalized spacial score (nSPS) is 10.7. The number of nitrogens with one attached hydrogen (secondary N) is 1. The van der Waals surface area contributed by atoms with E-state index in [4.69, 9.17) is 9.47 Å². The van der Waals surface area contributed by atoms with Gasteiger partial charge in [-0.1, -0.05) is 30.3 Å². The number of nitro groups is 1. The summed E-state index contributed by atoms with van der Waals surface area (Å²) in [7, 11) is 2.88. The summed E-state index contributed by atoms with van der Waals surface area (Å²) in [5.74, 6) is 0.659. The van der Waals surface area contributed by atoms with E-state index in [1.165, 1.54) is 43.9 Å². The van der Waals surface area contributed by atoms with Crippen molar-refractivity contribution in [2.75, 3.05) is 19.6 Å². The molecule has 0 aliphatic rings. The predicted octanol–water partition coefficient (Wildman–Crippen LogP) is 4.18. The van der Waals surface area contributed by atoms with Crippen LogP contribution < -0.4 is 14.9 Å². The van der Waals surface area contributed by atoms with E-state index in [1.54, 1.807) is 0 Å². The first-order valence-corrected chi connectivity index (χ1v) is 8.70. The third kappa shape index (κ3) is 4.21. The molecular formula is C18H16N4O4S. The lowest BCUT2D eigenvalue weighted by Crippen LogP contribution is -2.00. The number of ether oxygens (including phenoxy) is 2. The van der Waals surface area contributed by atoms with Gasteiger partial charge in [-0.25, -0.2) is 4.98 Å². The summed E-state index contributed by atoms with van der Waals surface area (Å²) in [6.07, 6.45) is 1.35. The SMILES string of the molecule is COc1cc(/C=N\Nc2nc(-c3ccccc3)cs2)c([N+](=O)[O-])cc1OC. The van der Waals surface area contributed by atoms with Crippen LogP contribution in [-0.2, 0) is 0 Å². The monoisotopic (exact) mass is 384 g/mol. The van der Waals surface area contributed by atoms with Crippen molar-refractivity contribution in [1.82, 2.24) is 4.98 Å². The second-order valence-corrected chi connectivity index (χ2v) is 6.16. The van der Waals surface area contributed by atoms with E-state index < -0.39 is 4.92 Å². The fourth-order valence-electron chi connectivity index (χ4n) is 2.37. The molecule has 1 aromatic heterocycles. The average molecular weight is 384 g/mol. The fourth-order valence-corrected chi connectivity index (χ4v) is 3.04. The first-order chi connectivity index (χ1) is 13.1. The third-order valence-electron chi connectivity index (χ3n) is 3.67. The van der Waals surface area contributed by atoms with Gasteiger partial charge in [-0.15, -0.1) is 11.3 Å². The van der Waals surface area contributed by atoms with E-state index in [1.807, 2.05) is 35.7 Å². The molecule has 0 radical (unpaired) electrons. The van der Waals surface area contributed by atoms with Crippen LogP contribution in [0.2, 0.25) is 0 Å². The van der Waals surface area contributed by atoms with Crippen molar-refractivity contribution >= 4 is 28.4 Å². The maximum absolute atomic E-state index is 11.3. The largest absolute Gasteiger partial charge is 0.493 e. The summed E-state index contributed by atoms with van der Waals surface area (Å²) in [5, 5.41) is 17.9. The molecule has 3 rings (SSSR count). The number of nitrogens with zero attached hydrogens (tertiary/aromatic N) is 3. The minimum Gasteiger partial charge on any atom is -0.493 e. The summed E-state index contributed by atoms with van der Waals surface area (Å²) in [5.41, 5.74) is 4.77. The topological polar surface area (TPSA) is 98.9 Å². The number of hydrogen-bond acceptors (Lipinski definition) is 8. The van der Waals surface area contributed by atoms with Gasteiger partial charge in [0.15, 0.2) is 11.5 Å². The maximum Gasteiger partial charge on any atom is 0.282 e. The Labute approximate surface area is 159 Å². The summed E-state index contributed by atoms with van der Waals surface area (Å²) in [6.45, 7) is 0. The minimum atomic E-state index is -0.500. The zero-order valence-electron chi connectivity index (χ0n) is 14.6. The highest BCUT2D eigenvalue weighted by Crippen LogP contribution is 2.33. The van der Waals surface area contributed by atoms with Gasteiger partial charge in [-0.2, -0.15) is 5.10 Å². The first-order valence-electron chi connectivity index (χ1n) is 7.83. The van der Waals surface area contributed by atoms with Crippen LogP contribution in [0.4, 0.5) is 10.8 Å². The summed E-state index contributed by atoms with van der Waals surface area (Å²) in [6, 6.07) is 12.6. The number of hydrogen-bond donors (Lipinski definition) is 1. The van der Waals surface area contributed by atoms with E-state index in [-0.39, 0.29) is 17.0 Å². The zero-order chi connectivity index (χ0) is 19.2. The van der Waals surface area contributed by atoms with E-state index in [0.29, 0.717) is 10.9 Å². The first kappa shape index (κ1) is 18.3. The Kier molecular flexibility index (Phi) is 5.62. The van der Waals surface area contributed by atoms with E-state index in [0.717, 1.165) is 11.3 Å². The molecule has 0 aliphatic heterocycles. The average Bonchev–Trinajstić information content (AvgIpc) is 3.17. The Morgan fingerprint density at radius 1 is 1.19 bits per heavy atom. The number of rotatable bonds is 7. The number of methoxy groups -OCH3 is 2. The van der Waals surface area contributed by atoms with Gasteiger partial charge in [0.25, 0.3) is 5.69 Å². The molecule has 0 spiro atoms. The van der Waals surface area contributed by atoms with Gasteiger partial charge in [-0.05, 0) is 6.07 Å². The third-order valence-corrected chi connectivity index (χ3v) is 4.41. The Bertz CT molecular complexity index is 973. The van der Waals surface area contributed by atoms with Crippen LogP contribution in [0.3, 0.4) is 0 Å². The van der Waals surface area contributed by atoms with Gasteiger partial charge in [0.05, 0.1) is 42.7 Å². The van der Waals surface area contributed by atoms with Crippen molar-refractivity contribution in [3.8, 4) is 22.8 Å². The minimum absolute atomic E-state index is 0.137. The van der Waals surface area contributed by atoms with Crippen molar-refractivity contribution in [2.24, 2.45) is 5.10 Å². The van der Waals surface area contributed by atoms with Crippen molar-refractivity contribution in [3.05, 3.63) is 63.5 Å². The van der Waals surface area contributed by atoms with Gasteiger partial charge in [0.1, 0.15) is 0 Å². The highest BCUT2D eigenvalue weighted by atomic mass is 32.1. The van der Waals surface area contributed by atoms with E-state index >= 15 is 0 Å². The Morgan fingerprint density at radius 2 is 1.89 bits per heavy atom. The van der Waals surface area contributed by atoms with Crippen molar-refractivity contribution in [2.45, 2.75) is 0 Å². The molecule has 0 aliphatic carbocycles. The molecule has 8 nitrogen and oxygen atoms in total. The fraction of sp³-hybridized carbons (Fsp3) is 0.111. The van der Waals surface area contributed by atoms with E-state index in [2.05, 4.69) is 15.5 Å². The maximum atomic E-state index is 11.3. The smallest absolute Gasteiger partial charge is 0.282 e. The van der Waals surface area contributed by atoms with Crippen LogP contribution in [-0.4, -0.2) is 30.3 Å². The Hall–Kier alpha value is -3.46. The molecule has 0 unspecified atom stereocenters. The molecule has 0 fully saturated rings. The van der Waals surface area contributed by atoms with Crippen LogP contribution in [0.15, 0.2) is 52.9 Å². The molecule has 1 N–H and O–H groups in total. The van der Waals surface area contributed by atoms with Gasteiger partial charge in [-0.3, -0.25) is 15.5 Å². The molecular weight excluding hydrogens is 368 g/mol. The highest BCUT2D eigenvalue weighted by Gasteiger charge is 2.18. The van der Waals surface area contributed by atoms with Crippen LogP contribution >= 0.6 is 11.3 Å². The number of aromatic nitrogens is 1. The number of thiazole rings is 1. The lowest BCUT2D eigenvalue weighted by molar-refractivity contribution is -0.385. The quantitative estimate of drug-likeness (QED) is 0.373. The summed E-state index contributed by atoms with van der Waals surface area (Å²) in [4.78, 5) is 15.2. The van der Waals surface area contributed by atoms with Gasteiger partial charge in [0.2, 0.25) is 5.13 Å². The van der Waals surface area contributed by atoms with Gasteiger partial charge >= 0.3 is 0 Å². The van der Waals surface area contributed by atoms with Crippen LogP contribution in [0.25, 0.3) is 11.3 Å². The number of benzene rings is 2. The van der Waals surface area contributed by atoms with Crippen molar-refractivity contribution < 1.29 is 14.4 Å². The predicted molar refractivity (Wildman–Crippen MR) is 105 cm³/mol. The number of hydrazone groups is 1. The van der Waals surface area contributed by atoms with Crippen molar-refractivity contribution in [1.29, 1.82) is 0 Å². The second kappa shape index (κ2) is 8.28. The molecule has 2 aromatic carbocycles. The van der Waals surface area contributed by atoms with Crippen LogP contribution in [0, 0.1) is 10.1 Å². The number of nitro benzene ring substituents is 1. The molecule has 0 saturated carbocycles. The molecule has 138 valence electrons.